The molecular formula is C21H24N4. The second-order valence-corrected chi connectivity index (χ2v) is 6.76. The van der Waals surface area contributed by atoms with Crippen molar-refractivity contribution in [2.75, 3.05) is 18.0 Å². The van der Waals surface area contributed by atoms with Gasteiger partial charge < -0.3 is 10.2 Å². The fourth-order valence-corrected chi connectivity index (χ4v) is 3.53. The minimum atomic E-state index is 0.268. The number of rotatable bonds is 5. The molecule has 3 aromatic rings. The van der Waals surface area contributed by atoms with Crippen molar-refractivity contribution in [1.82, 2.24) is 15.3 Å². The third kappa shape index (κ3) is 3.49. The Morgan fingerprint density at radius 2 is 1.72 bits per heavy atom. The molecule has 1 aliphatic heterocycles. The molecule has 0 bridgehead atoms. The molecule has 1 N–H and O–H groups in total. The number of hydrogen-bond acceptors (Lipinski definition) is 4. The summed E-state index contributed by atoms with van der Waals surface area (Å²) in [5, 5.41) is 6.20. The minimum absolute atomic E-state index is 0.268. The van der Waals surface area contributed by atoms with Crippen LogP contribution in [0.25, 0.3) is 10.8 Å². The van der Waals surface area contributed by atoms with Crippen LogP contribution in [0.3, 0.4) is 0 Å². The van der Waals surface area contributed by atoms with Gasteiger partial charge in [0.25, 0.3) is 0 Å². The Kier molecular flexibility index (Phi) is 4.61. The lowest BCUT2D eigenvalue weighted by atomic mass is 9.99. The summed E-state index contributed by atoms with van der Waals surface area (Å²) in [5.41, 5.74) is 2.45. The number of benzene rings is 2. The van der Waals surface area contributed by atoms with Gasteiger partial charge in [0.2, 0.25) is 5.95 Å². The monoisotopic (exact) mass is 332 g/mol. The van der Waals surface area contributed by atoms with E-state index in [1.165, 1.54) is 29.2 Å². The maximum absolute atomic E-state index is 4.54. The van der Waals surface area contributed by atoms with Crippen LogP contribution in [0, 0.1) is 0 Å². The number of aromatic nitrogens is 2. The van der Waals surface area contributed by atoms with Crippen LogP contribution in [0.5, 0.6) is 0 Å². The highest BCUT2D eigenvalue weighted by Gasteiger charge is 2.14. The molecule has 0 spiro atoms. The van der Waals surface area contributed by atoms with Crippen molar-refractivity contribution in [3.05, 3.63) is 66.0 Å². The molecule has 0 amide bonds. The predicted octanol–water partition coefficient (Wildman–Crippen LogP) is 4.08. The SMILES string of the molecule is C[C@@H](NCc1cnc(N2CCCC2)nc1)c1cccc2ccccc12. The Balaban J connectivity index is 1.43. The second kappa shape index (κ2) is 7.19. The van der Waals surface area contributed by atoms with Gasteiger partial charge in [0.15, 0.2) is 0 Å². The number of anilines is 1. The fraction of sp³-hybridized carbons (Fsp3) is 0.333. The summed E-state index contributed by atoms with van der Waals surface area (Å²) in [4.78, 5) is 11.3. The zero-order chi connectivity index (χ0) is 17.1. The van der Waals surface area contributed by atoms with Gasteiger partial charge in [-0.3, -0.25) is 0 Å². The van der Waals surface area contributed by atoms with Crippen molar-refractivity contribution in [3.8, 4) is 0 Å². The summed E-state index contributed by atoms with van der Waals surface area (Å²) >= 11 is 0. The molecule has 1 aromatic heterocycles. The Hall–Kier alpha value is -2.46. The van der Waals surface area contributed by atoms with Gasteiger partial charge in [0.05, 0.1) is 0 Å². The standard InChI is InChI=1S/C21H24N4/c1-16(19-10-6-8-18-7-2-3-9-20(18)19)22-13-17-14-23-21(24-15-17)25-11-4-5-12-25/h2-3,6-10,14-16,22H,4-5,11-13H2,1H3/t16-/m1/s1. The maximum Gasteiger partial charge on any atom is 0.225 e. The van der Waals surface area contributed by atoms with E-state index in [1.807, 2.05) is 12.4 Å². The molecular weight excluding hydrogens is 308 g/mol. The van der Waals surface area contributed by atoms with E-state index in [9.17, 15) is 0 Å². The molecule has 4 rings (SSSR count). The first-order valence-corrected chi connectivity index (χ1v) is 9.08. The van der Waals surface area contributed by atoms with E-state index in [2.05, 4.69) is 69.6 Å². The maximum atomic E-state index is 4.54. The van der Waals surface area contributed by atoms with Crippen molar-refractivity contribution >= 4 is 16.7 Å². The van der Waals surface area contributed by atoms with Crippen molar-refractivity contribution in [2.45, 2.75) is 32.4 Å². The third-order valence-electron chi connectivity index (χ3n) is 4.98. The molecule has 1 atom stereocenters. The summed E-state index contributed by atoms with van der Waals surface area (Å²) in [6.07, 6.45) is 6.39. The summed E-state index contributed by atoms with van der Waals surface area (Å²) in [6, 6.07) is 15.3. The van der Waals surface area contributed by atoms with E-state index in [-0.39, 0.29) is 6.04 Å². The van der Waals surface area contributed by atoms with E-state index in [1.54, 1.807) is 0 Å². The van der Waals surface area contributed by atoms with E-state index < -0.39 is 0 Å². The summed E-state index contributed by atoms with van der Waals surface area (Å²) in [7, 11) is 0. The van der Waals surface area contributed by atoms with E-state index in [0.717, 1.165) is 31.1 Å². The van der Waals surface area contributed by atoms with E-state index >= 15 is 0 Å². The van der Waals surface area contributed by atoms with Gasteiger partial charge in [-0.05, 0) is 36.1 Å². The Labute approximate surface area is 148 Å². The lowest BCUT2D eigenvalue weighted by Crippen LogP contribution is -2.21. The summed E-state index contributed by atoms with van der Waals surface area (Å²) in [5.74, 6) is 0.864. The van der Waals surface area contributed by atoms with Gasteiger partial charge in [-0.1, -0.05) is 42.5 Å². The van der Waals surface area contributed by atoms with Crippen LogP contribution in [-0.4, -0.2) is 23.1 Å². The minimum Gasteiger partial charge on any atom is -0.341 e. The lowest BCUT2D eigenvalue weighted by Gasteiger charge is -2.17. The molecule has 0 saturated carbocycles. The van der Waals surface area contributed by atoms with Crippen molar-refractivity contribution in [3.63, 3.8) is 0 Å². The zero-order valence-corrected chi connectivity index (χ0v) is 14.7. The Morgan fingerprint density at radius 3 is 2.52 bits per heavy atom. The highest BCUT2D eigenvalue weighted by Crippen LogP contribution is 2.24. The first kappa shape index (κ1) is 16.0. The highest BCUT2D eigenvalue weighted by molar-refractivity contribution is 5.86. The van der Waals surface area contributed by atoms with Crippen molar-refractivity contribution < 1.29 is 0 Å². The van der Waals surface area contributed by atoms with Gasteiger partial charge in [0, 0.05) is 43.6 Å². The van der Waals surface area contributed by atoms with Gasteiger partial charge in [-0.25, -0.2) is 9.97 Å². The van der Waals surface area contributed by atoms with E-state index in [0.29, 0.717) is 0 Å². The van der Waals surface area contributed by atoms with Crippen LogP contribution in [-0.2, 0) is 6.54 Å². The molecule has 25 heavy (non-hydrogen) atoms. The quantitative estimate of drug-likeness (QED) is 0.764. The molecule has 4 nitrogen and oxygen atoms in total. The first-order chi connectivity index (χ1) is 12.3. The summed E-state index contributed by atoms with van der Waals surface area (Å²) in [6.45, 7) is 5.14. The van der Waals surface area contributed by atoms with Crippen LogP contribution in [0.15, 0.2) is 54.9 Å². The number of hydrogen-bond donors (Lipinski definition) is 1. The van der Waals surface area contributed by atoms with Crippen LogP contribution in [0.2, 0.25) is 0 Å². The third-order valence-corrected chi connectivity index (χ3v) is 4.98. The zero-order valence-electron chi connectivity index (χ0n) is 14.7. The molecule has 0 aliphatic carbocycles. The second-order valence-electron chi connectivity index (χ2n) is 6.76. The predicted molar refractivity (Wildman–Crippen MR) is 103 cm³/mol. The molecule has 1 fully saturated rings. The molecule has 1 saturated heterocycles. The molecule has 4 heteroatoms. The van der Waals surface area contributed by atoms with Gasteiger partial charge >= 0.3 is 0 Å². The Bertz CT molecular complexity index is 833. The van der Waals surface area contributed by atoms with Crippen molar-refractivity contribution in [2.24, 2.45) is 0 Å². The molecule has 2 aromatic carbocycles. The number of nitrogens with zero attached hydrogens (tertiary/aromatic N) is 3. The van der Waals surface area contributed by atoms with Crippen LogP contribution in [0.1, 0.15) is 36.9 Å². The molecule has 128 valence electrons. The Morgan fingerprint density at radius 1 is 1.00 bits per heavy atom. The molecule has 2 heterocycles. The summed E-state index contributed by atoms with van der Waals surface area (Å²) < 4.78 is 0. The average Bonchev–Trinajstić information content (AvgIpc) is 3.21. The molecule has 0 radical (unpaired) electrons. The lowest BCUT2D eigenvalue weighted by molar-refractivity contribution is 0.576. The van der Waals surface area contributed by atoms with Crippen LogP contribution >= 0.6 is 0 Å². The van der Waals surface area contributed by atoms with Gasteiger partial charge in [-0.2, -0.15) is 0 Å². The average molecular weight is 332 g/mol. The smallest absolute Gasteiger partial charge is 0.225 e. The highest BCUT2D eigenvalue weighted by atomic mass is 15.3. The van der Waals surface area contributed by atoms with Gasteiger partial charge in [-0.15, -0.1) is 0 Å². The molecule has 1 aliphatic rings. The normalized spacial score (nSPS) is 15.6. The number of fused-ring (bicyclic) bond motifs is 1. The fourth-order valence-electron chi connectivity index (χ4n) is 3.53. The topological polar surface area (TPSA) is 41.1 Å². The van der Waals surface area contributed by atoms with Gasteiger partial charge in [0.1, 0.15) is 0 Å². The largest absolute Gasteiger partial charge is 0.341 e. The van der Waals surface area contributed by atoms with E-state index in [4.69, 9.17) is 0 Å². The van der Waals surface area contributed by atoms with Crippen molar-refractivity contribution in [1.29, 1.82) is 0 Å². The van der Waals surface area contributed by atoms with Crippen LogP contribution < -0.4 is 10.2 Å². The number of nitrogens with one attached hydrogen (secondary N) is 1. The molecule has 0 unspecified atom stereocenters. The van der Waals surface area contributed by atoms with Crippen LogP contribution in [0.4, 0.5) is 5.95 Å². The first-order valence-electron chi connectivity index (χ1n) is 9.08.